The van der Waals surface area contributed by atoms with Crippen molar-refractivity contribution in [2.45, 2.75) is 12.5 Å². The minimum absolute atomic E-state index is 0.0196. The summed E-state index contributed by atoms with van der Waals surface area (Å²) in [6, 6.07) is 7.90. The van der Waals surface area contributed by atoms with Gasteiger partial charge in [0.1, 0.15) is 24.2 Å². The van der Waals surface area contributed by atoms with E-state index in [0.717, 1.165) is 12.2 Å². The van der Waals surface area contributed by atoms with Gasteiger partial charge in [0.2, 0.25) is 5.95 Å². The monoisotopic (exact) mass is 272 g/mol. The fraction of sp³-hybridized carbons (Fsp3) is 0.231. The van der Waals surface area contributed by atoms with Crippen LogP contribution in [0.4, 0.5) is 11.6 Å². The second-order valence-electron chi connectivity index (χ2n) is 4.45. The maximum atomic E-state index is 10.5. The van der Waals surface area contributed by atoms with Crippen LogP contribution in [0.1, 0.15) is 5.56 Å². The highest BCUT2D eigenvalue weighted by Crippen LogP contribution is 2.28. The van der Waals surface area contributed by atoms with Gasteiger partial charge in [-0.15, -0.1) is 0 Å². The molecule has 102 valence electrons. The van der Waals surface area contributed by atoms with Crippen molar-refractivity contribution in [2.24, 2.45) is 0 Å². The second-order valence-corrected chi connectivity index (χ2v) is 4.45. The number of ether oxygens (including phenoxy) is 1. The highest BCUT2D eigenvalue weighted by molar-refractivity contribution is 5.38. The zero-order valence-corrected chi connectivity index (χ0v) is 10.5. The van der Waals surface area contributed by atoms with Gasteiger partial charge in [0.15, 0.2) is 0 Å². The van der Waals surface area contributed by atoms with Gasteiger partial charge >= 0.3 is 5.69 Å². The number of benzene rings is 1. The van der Waals surface area contributed by atoms with E-state index in [4.69, 9.17) is 4.74 Å². The van der Waals surface area contributed by atoms with Crippen molar-refractivity contribution in [1.29, 1.82) is 0 Å². The van der Waals surface area contributed by atoms with Gasteiger partial charge in [-0.05, 0) is 11.6 Å². The van der Waals surface area contributed by atoms with E-state index in [0.29, 0.717) is 12.5 Å². The molecule has 0 amide bonds. The van der Waals surface area contributed by atoms with Gasteiger partial charge in [-0.3, -0.25) is 10.1 Å². The predicted octanol–water partition coefficient (Wildman–Crippen LogP) is 1.80. The maximum Gasteiger partial charge on any atom is 0.305 e. The summed E-state index contributed by atoms with van der Waals surface area (Å²) in [6.45, 7) is 0.548. The number of anilines is 1. The standard InChI is InChI=1S/C13H12N4O3/c18-17(19)10-6-14-13(15-7-10)16-8-11-5-9-3-1-2-4-12(9)20-11/h1-4,6-7,11H,5,8H2,(H,14,15,16). The van der Waals surface area contributed by atoms with Crippen LogP contribution in [0.25, 0.3) is 0 Å². The third-order valence-corrected chi connectivity index (χ3v) is 3.05. The number of fused-ring (bicyclic) bond motifs is 1. The molecule has 0 saturated carbocycles. The van der Waals surface area contributed by atoms with Crippen molar-refractivity contribution in [3.8, 4) is 5.75 Å². The Kier molecular flexibility index (Phi) is 3.16. The fourth-order valence-electron chi connectivity index (χ4n) is 2.08. The summed E-state index contributed by atoms with van der Waals surface area (Å²) in [7, 11) is 0. The molecule has 0 fully saturated rings. The number of hydrogen-bond acceptors (Lipinski definition) is 6. The van der Waals surface area contributed by atoms with Crippen molar-refractivity contribution in [3.63, 3.8) is 0 Å². The van der Waals surface area contributed by atoms with Gasteiger partial charge in [0, 0.05) is 6.42 Å². The summed E-state index contributed by atoms with van der Waals surface area (Å²) >= 11 is 0. The molecule has 7 heteroatoms. The van der Waals surface area contributed by atoms with Gasteiger partial charge < -0.3 is 10.1 Å². The summed E-state index contributed by atoms with van der Waals surface area (Å²) < 4.78 is 5.76. The fourth-order valence-corrected chi connectivity index (χ4v) is 2.08. The van der Waals surface area contributed by atoms with Crippen molar-refractivity contribution in [2.75, 3.05) is 11.9 Å². The number of nitro groups is 1. The molecule has 1 aromatic carbocycles. The lowest BCUT2D eigenvalue weighted by molar-refractivity contribution is -0.385. The lowest BCUT2D eigenvalue weighted by Gasteiger charge is -2.11. The summed E-state index contributed by atoms with van der Waals surface area (Å²) in [6.07, 6.45) is 3.21. The normalized spacial score (nSPS) is 16.3. The van der Waals surface area contributed by atoms with Crippen LogP contribution < -0.4 is 10.1 Å². The lowest BCUT2D eigenvalue weighted by Crippen LogP contribution is -2.24. The van der Waals surface area contributed by atoms with Gasteiger partial charge in [0.25, 0.3) is 0 Å². The van der Waals surface area contributed by atoms with Crippen LogP contribution in [0.3, 0.4) is 0 Å². The van der Waals surface area contributed by atoms with Crippen LogP contribution in [-0.4, -0.2) is 27.5 Å². The molecule has 0 aliphatic carbocycles. The molecule has 0 bridgehead atoms. The van der Waals surface area contributed by atoms with Crippen LogP contribution in [-0.2, 0) is 6.42 Å². The smallest absolute Gasteiger partial charge is 0.305 e. The predicted molar refractivity (Wildman–Crippen MR) is 71.7 cm³/mol. The largest absolute Gasteiger partial charge is 0.488 e. The molecule has 1 unspecified atom stereocenters. The summed E-state index contributed by atoms with van der Waals surface area (Å²) in [4.78, 5) is 17.7. The molecule has 1 atom stereocenters. The number of para-hydroxylation sites is 1. The molecular weight excluding hydrogens is 260 g/mol. The Morgan fingerprint density at radius 2 is 2.10 bits per heavy atom. The van der Waals surface area contributed by atoms with Crippen molar-refractivity contribution in [3.05, 3.63) is 52.3 Å². The van der Waals surface area contributed by atoms with Crippen LogP contribution in [0.2, 0.25) is 0 Å². The van der Waals surface area contributed by atoms with Gasteiger partial charge in [-0.2, -0.15) is 0 Å². The van der Waals surface area contributed by atoms with E-state index >= 15 is 0 Å². The number of nitrogens with zero attached hydrogens (tertiary/aromatic N) is 3. The highest BCUT2D eigenvalue weighted by atomic mass is 16.6. The molecule has 7 nitrogen and oxygen atoms in total. The molecule has 1 aliphatic rings. The topological polar surface area (TPSA) is 90.2 Å². The first-order valence-electron chi connectivity index (χ1n) is 6.17. The molecular formula is C13H12N4O3. The van der Waals surface area contributed by atoms with Crippen LogP contribution >= 0.6 is 0 Å². The molecule has 1 aromatic heterocycles. The average Bonchev–Trinajstić information content (AvgIpc) is 2.88. The Bertz CT molecular complexity index is 605. The first kappa shape index (κ1) is 12.3. The molecule has 1 aliphatic heterocycles. The lowest BCUT2D eigenvalue weighted by atomic mass is 10.1. The molecule has 1 N–H and O–H groups in total. The second kappa shape index (κ2) is 5.12. The molecule has 0 spiro atoms. The molecule has 0 saturated heterocycles. The Balaban J connectivity index is 1.57. The van der Waals surface area contributed by atoms with Crippen LogP contribution in [0.5, 0.6) is 5.75 Å². The first-order chi connectivity index (χ1) is 9.72. The maximum absolute atomic E-state index is 10.5. The third-order valence-electron chi connectivity index (χ3n) is 3.05. The zero-order valence-electron chi connectivity index (χ0n) is 10.5. The number of aromatic nitrogens is 2. The van der Waals surface area contributed by atoms with Gasteiger partial charge in [0.05, 0.1) is 11.5 Å². The van der Waals surface area contributed by atoms with E-state index in [1.807, 2.05) is 24.3 Å². The van der Waals surface area contributed by atoms with Crippen molar-refractivity contribution < 1.29 is 9.66 Å². The van der Waals surface area contributed by atoms with E-state index in [9.17, 15) is 10.1 Å². The van der Waals surface area contributed by atoms with E-state index in [-0.39, 0.29) is 11.8 Å². The molecule has 20 heavy (non-hydrogen) atoms. The van der Waals surface area contributed by atoms with Gasteiger partial charge in [-0.25, -0.2) is 9.97 Å². The Morgan fingerprint density at radius 3 is 2.80 bits per heavy atom. The van der Waals surface area contributed by atoms with E-state index in [2.05, 4.69) is 15.3 Å². The number of nitrogens with one attached hydrogen (secondary N) is 1. The molecule has 3 rings (SSSR count). The van der Waals surface area contributed by atoms with E-state index in [1.165, 1.54) is 18.0 Å². The van der Waals surface area contributed by atoms with Crippen molar-refractivity contribution in [1.82, 2.24) is 9.97 Å². The van der Waals surface area contributed by atoms with Crippen LogP contribution in [0.15, 0.2) is 36.7 Å². The minimum Gasteiger partial charge on any atom is -0.488 e. The van der Waals surface area contributed by atoms with E-state index < -0.39 is 4.92 Å². The average molecular weight is 272 g/mol. The van der Waals surface area contributed by atoms with E-state index in [1.54, 1.807) is 0 Å². The Morgan fingerprint density at radius 1 is 1.35 bits per heavy atom. The molecule has 0 radical (unpaired) electrons. The summed E-state index contributed by atoms with van der Waals surface area (Å²) in [5.74, 6) is 1.26. The minimum atomic E-state index is -0.527. The Labute approximate surface area is 114 Å². The Hall–Kier alpha value is -2.70. The third kappa shape index (κ3) is 2.51. The number of rotatable bonds is 4. The first-order valence-corrected chi connectivity index (χ1v) is 6.17. The summed E-state index contributed by atoms with van der Waals surface area (Å²) in [5, 5.41) is 13.5. The molecule has 2 aromatic rings. The van der Waals surface area contributed by atoms with Crippen LogP contribution in [0, 0.1) is 10.1 Å². The summed E-state index contributed by atoms with van der Waals surface area (Å²) in [5.41, 5.74) is 1.06. The highest BCUT2D eigenvalue weighted by Gasteiger charge is 2.22. The van der Waals surface area contributed by atoms with Crippen molar-refractivity contribution >= 4 is 11.6 Å². The van der Waals surface area contributed by atoms with Gasteiger partial charge in [-0.1, -0.05) is 18.2 Å². The zero-order chi connectivity index (χ0) is 13.9. The quantitative estimate of drug-likeness (QED) is 0.674. The SMILES string of the molecule is O=[N+]([O-])c1cnc(NCC2Cc3ccccc3O2)nc1. The number of hydrogen-bond donors (Lipinski definition) is 1. The molecule has 2 heterocycles.